The first-order valence-corrected chi connectivity index (χ1v) is 23.2. The summed E-state index contributed by atoms with van der Waals surface area (Å²) in [6.07, 6.45) is -2.45. The van der Waals surface area contributed by atoms with Crippen LogP contribution in [0.4, 0.5) is 24.5 Å². The van der Waals surface area contributed by atoms with Crippen LogP contribution in [0.25, 0.3) is 21.8 Å². The van der Waals surface area contributed by atoms with Crippen LogP contribution in [0.15, 0.2) is 131 Å². The molecule has 3 heterocycles. The van der Waals surface area contributed by atoms with Crippen molar-refractivity contribution >= 4 is 94.4 Å². The zero-order valence-corrected chi connectivity index (χ0v) is 36.9. The molecule has 0 spiro atoms. The fraction of sp³-hybridized carbons (Fsp3) is 0.140. The predicted octanol–water partition coefficient (Wildman–Crippen LogP) is 8.82. The summed E-state index contributed by atoms with van der Waals surface area (Å²) >= 11 is 10.8. The summed E-state index contributed by atoms with van der Waals surface area (Å²) in [6.45, 7) is 2.74. The Bertz CT molecular complexity index is 2960. The second-order valence-electron chi connectivity index (χ2n) is 13.4. The van der Waals surface area contributed by atoms with Crippen molar-refractivity contribution in [2.24, 2.45) is 0 Å². The number of anilines is 2. The first-order valence-electron chi connectivity index (χ1n) is 18.4. The predicted molar refractivity (Wildman–Crippen MR) is 239 cm³/mol. The molecule has 1 aliphatic heterocycles. The van der Waals surface area contributed by atoms with Crippen molar-refractivity contribution in [2.75, 3.05) is 15.1 Å². The molecule has 14 nitrogen and oxygen atoms in total. The van der Waals surface area contributed by atoms with E-state index in [0.717, 1.165) is 33.3 Å². The summed E-state index contributed by atoms with van der Waals surface area (Å²) in [5.74, 6) is -1.77. The van der Waals surface area contributed by atoms with Gasteiger partial charge in [0.25, 0.3) is 11.1 Å². The molecule has 0 saturated heterocycles. The van der Waals surface area contributed by atoms with Gasteiger partial charge in [-0.25, -0.2) is 9.97 Å². The number of rotatable bonds is 7. The number of halogens is 6. The number of nitrogens with zero attached hydrogens (tertiary/aromatic N) is 6. The Hall–Kier alpha value is -6.19. The number of amides is 2. The molecule has 0 aliphatic carbocycles. The number of alkyl halides is 4. The van der Waals surface area contributed by atoms with Crippen molar-refractivity contribution in [1.82, 2.24) is 19.1 Å². The Kier molecular flexibility index (Phi) is 14.6. The first-order chi connectivity index (χ1) is 29.9. The van der Waals surface area contributed by atoms with Crippen LogP contribution in [0, 0.1) is 3.57 Å². The number of benzene rings is 5. The average molecular weight is 1020 g/mol. The fourth-order valence-corrected chi connectivity index (χ4v) is 9.67. The molecule has 0 unspecified atom stereocenters. The third-order valence-corrected chi connectivity index (χ3v) is 13.4. The third kappa shape index (κ3) is 10.9. The van der Waals surface area contributed by atoms with Crippen molar-refractivity contribution < 1.29 is 40.7 Å². The van der Waals surface area contributed by atoms with Crippen LogP contribution in [0.5, 0.6) is 0 Å². The SMILES string of the molecule is CC(=O)N(O)c1ccc2c(=O)n(Cc3ccccc3)cnc2c1Cl.CC(=O)N(OC(F)(F)F)c1ccc2c(=O)n(Cc3ccccc3)cnc2c1Cl.CI1OC(=O)c2ccccc21. The van der Waals surface area contributed by atoms with Gasteiger partial charge >= 0.3 is 78.8 Å². The molecule has 0 saturated carbocycles. The Morgan fingerprint density at radius 3 is 1.63 bits per heavy atom. The molecule has 63 heavy (non-hydrogen) atoms. The van der Waals surface area contributed by atoms with Gasteiger partial charge in [-0.2, -0.15) is 15.0 Å². The maximum absolute atomic E-state index is 12.7. The zero-order chi connectivity index (χ0) is 45.6. The van der Waals surface area contributed by atoms with Crippen molar-refractivity contribution in [3.05, 3.63) is 173 Å². The van der Waals surface area contributed by atoms with Crippen LogP contribution in [0.3, 0.4) is 0 Å². The van der Waals surface area contributed by atoms with Gasteiger partial charge in [0.15, 0.2) is 0 Å². The summed E-state index contributed by atoms with van der Waals surface area (Å²) in [4.78, 5) is 73.4. The minimum absolute atomic E-state index is 0.0128. The van der Waals surface area contributed by atoms with Gasteiger partial charge in [0.1, 0.15) is 0 Å². The van der Waals surface area contributed by atoms with Gasteiger partial charge in [-0.1, -0.05) is 83.9 Å². The van der Waals surface area contributed by atoms with E-state index in [4.69, 9.17) is 26.3 Å². The molecule has 1 N–H and O–H groups in total. The van der Waals surface area contributed by atoms with E-state index >= 15 is 0 Å². The number of hydroxylamine groups is 2. The third-order valence-electron chi connectivity index (χ3n) is 9.01. The van der Waals surface area contributed by atoms with Crippen LogP contribution in [-0.4, -0.2) is 53.4 Å². The summed E-state index contributed by atoms with van der Waals surface area (Å²) in [5.41, 5.74) is 1.87. The van der Waals surface area contributed by atoms with Crippen LogP contribution < -0.4 is 21.2 Å². The zero-order valence-electron chi connectivity index (χ0n) is 33.2. The number of carbonyl (C=O) groups excluding carboxylic acids is 3. The van der Waals surface area contributed by atoms with Gasteiger partial charge in [0.2, 0.25) is 11.8 Å². The van der Waals surface area contributed by atoms with Gasteiger partial charge in [-0.15, -0.1) is 13.2 Å². The van der Waals surface area contributed by atoms with E-state index < -0.39 is 44.0 Å². The summed E-state index contributed by atoms with van der Waals surface area (Å²) in [6, 6.07) is 31.6. The number of fused-ring (bicyclic) bond motifs is 3. The van der Waals surface area contributed by atoms with Crippen molar-refractivity contribution in [1.29, 1.82) is 0 Å². The van der Waals surface area contributed by atoms with Crippen LogP contribution in [-0.2, 0) is 30.6 Å². The Balaban J connectivity index is 0.000000170. The Morgan fingerprint density at radius 2 is 1.17 bits per heavy atom. The van der Waals surface area contributed by atoms with Gasteiger partial charge in [0, 0.05) is 13.8 Å². The molecule has 0 bridgehead atoms. The number of carbonyl (C=O) groups is 3. The molecule has 7 aromatic rings. The number of hydrogen-bond acceptors (Lipinski definition) is 10. The molecule has 5 aromatic carbocycles. The monoisotopic (exact) mass is 1020 g/mol. The molecule has 0 radical (unpaired) electrons. The summed E-state index contributed by atoms with van der Waals surface area (Å²) in [7, 11) is 0. The van der Waals surface area contributed by atoms with Crippen molar-refractivity contribution in [3.63, 3.8) is 0 Å². The molecule has 326 valence electrons. The van der Waals surface area contributed by atoms with Crippen molar-refractivity contribution in [2.45, 2.75) is 33.3 Å². The normalized spacial score (nSPS) is 12.4. The van der Waals surface area contributed by atoms with Gasteiger partial charge in [-0.05, 0) is 35.4 Å². The molecule has 2 amide bonds. The summed E-state index contributed by atoms with van der Waals surface area (Å²) < 4.78 is 46.9. The Labute approximate surface area is 373 Å². The van der Waals surface area contributed by atoms with E-state index in [-0.39, 0.29) is 61.0 Å². The van der Waals surface area contributed by atoms with E-state index in [1.807, 2.05) is 89.9 Å². The van der Waals surface area contributed by atoms with Gasteiger partial charge in [0.05, 0.1) is 69.0 Å². The van der Waals surface area contributed by atoms with E-state index in [0.29, 0.717) is 17.0 Å². The second kappa shape index (κ2) is 19.9. The molecule has 2 aromatic heterocycles. The molecular weight excluding hydrogens is 983 g/mol. The van der Waals surface area contributed by atoms with Crippen LogP contribution >= 0.6 is 43.4 Å². The molecule has 1 aliphatic rings. The molecule has 20 heteroatoms. The summed E-state index contributed by atoms with van der Waals surface area (Å²) in [5, 5.41) is 10.4. The molecule has 0 atom stereocenters. The standard InChI is InChI=1S/C18H13ClF3N3O3.C17H14ClN3O3.C8H7IO2/c1-11(26)25(28-18(20,21)22)14-8-7-13-16(15(14)19)23-10-24(17(13)27)9-12-5-3-2-4-6-12;1-11(22)21(24)14-8-7-13-16(15(14)18)19-10-20(17(13)23)9-12-5-3-2-4-6-12;1-9-7-5-3-2-4-6(7)8(10)11-9/h2-8,10H,9H2,1H3;2-8,10,24H,9H2,1H3;2-5H,1H3. The van der Waals surface area contributed by atoms with E-state index in [2.05, 4.69) is 14.8 Å². The topological polar surface area (TPSA) is 166 Å². The van der Waals surface area contributed by atoms with Crippen LogP contribution in [0.2, 0.25) is 10.0 Å². The minimum atomic E-state index is -5.10. The van der Waals surface area contributed by atoms with E-state index in [9.17, 15) is 42.4 Å². The average Bonchev–Trinajstić information content (AvgIpc) is 3.55. The second-order valence-corrected chi connectivity index (χ2v) is 18.1. The van der Waals surface area contributed by atoms with E-state index in [1.165, 1.54) is 46.9 Å². The van der Waals surface area contributed by atoms with Gasteiger partial charge < -0.3 is 0 Å². The molecular formula is C43H34Cl2F3IN6O8. The van der Waals surface area contributed by atoms with Gasteiger partial charge in [-0.3, -0.25) is 33.5 Å². The molecule has 8 rings (SSSR count). The quantitative estimate of drug-likeness (QED) is 0.0706. The molecule has 0 fully saturated rings. The van der Waals surface area contributed by atoms with Crippen LogP contribution in [0.1, 0.15) is 35.3 Å². The Morgan fingerprint density at radius 1 is 0.714 bits per heavy atom. The first kappa shape index (κ1) is 46.3. The number of hydrogen-bond donors (Lipinski definition) is 1. The maximum atomic E-state index is 12.7. The van der Waals surface area contributed by atoms with Crippen molar-refractivity contribution in [3.8, 4) is 0 Å². The number of aromatic nitrogens is 4. The van der Waals surface area contributed by atoms with E-state index in [1.54, 1.807) is 0 Å². The fourth-order valence-electron chi connectivity index (χ4n) is 6.08.